The van der Waals surface area contributed by atoms with Crippen molar-refractivity contribution in [2.75, 3.05) is 0 Å². The normalized spacial score (nSPS) is 12.5. The van der Waals surface area contributed by atoms with E-state index in [4.69, 9.17) is 16.6 Å². The fourth-order valence-electron chi connectivity index (χ4n) is 4.07. The summed E-state index contributed by atoms with van der Waals surface area (Å²) in [5.74, 6) is 1.17. The van der Waals surface area contributed by atoms with Gasteiger partial charge >= 0.3 is 5.69 Å². The highest BCUT2D eigenvalue weighted by Gasteiger charge is 2.20. The van der Waals surface area contributed by atoms with E-state index in [1.807, 2.05) is 66.1 Å². The van der Waals surface area contributed by atoms with Crippen molar-refractivity contribution in [1.29, 1.82) is 0 Å². The number of aryl methyl sites for hydroxylation is 1. The van der Waals surface area contributed by atoms with Crippen LogP contribution in [0.15, 0.2) is 64.2 Å². The third-order valence-corrected chi connectivity index (χ3v) is 6.36. The molecule has 0 saturated carbocycles. The Labute approximate surface area is 203 Å². The smallest absolute Gasteiger partial charge is 0.321 e. The van der Waals surface area contributed by atoms with Crippen molar-refractivity contribution in [2.45, 2.75) is 52.9 Å². The Morgan fingerprint density at radius 1 is 1.00 bits per heavy atom. The van der Waals surface area contributed by atoms with Gasteiger partial charge in [-0.05, 0) is 36.5 Å². The third-order valence-electron chi connectivity index (χ3n) is 6.02. The maximum Gasteiger partial charge on any atom is 0.330 e. The molecule has 0 saturated heterocycles. The van der Waals surface area contributed by atoms with Crippen molar-refractivity contribution in [2.24, 2.45) is 5.92 Å². The van der Waals surface area contributed by atoms with Crippen molar-refractivity contribution in [3.63, 3.8) is 0 Å². The quantitative estimate of drug-likeness (QED) is 0.370. The number of halogens is 1. The van der Waals surface area contributed by atoms with Gasteiger partial charge in [-0.1, -0.05) is 74.0 Å². The summed E-state index contributed by atoms with van der Waals surface area (Å²) in [6, 6.07) is 17.4. The van der Waals surface area contributed by atoms with Gasteiger partial charge in [-0.2, -0.15) is 0 Å². The lowest BCUT2D eigenvalue weighted by Gasteiger charge is -2.16. The number of aromatic amines is 1. The van der Waals surface area contributed by atoms with E-state index >= 15 is 0 Å². The summed E-state index contributed by atoms with van der Waals surface area (Å²) < 4.78 is 3.49. The highest BCUT2D eigenvalue weighted by Crippen LogP contribution is 2.23. The summed E-state index contributed by atoms with van der Waals surface area (Å²) >= 11 is 6.37. The molecule has 7 nitrogen and oxygen atoms in total. The zero-order valence-electron chi connectivity index (χ0n) is 19.7. The van der Waals surface area contributed by atoms with Crippen LogP contribution >= 0.6 is 11.6 Å². The minimum Gasteiger partial charge on any atom is -0.321 e. The lowest BCUT2D eigenvalue weighted by Crippen LogP contribution is -2.31. The molecule has 0 bridgehead atoms. The van der Waals surface area contributed by atoms with E-state index < -0.39 is 11.2 Å². The molecule has 4 aromatic rings. The van der Waals surface area contributed by atoms with Crippen LogP contribution in [0, 0.1) is 5.92 Å². The number of aromatic nitrogens is 4. The summed E-state index contributed by atoms with van der Waals surface area (Å²) in [5.41, 5.74) is 1.92. The molecule has 1 atom stereocenters. The van der Waals surface area contributed by atoms with Crippen molar-refractivity contribution >= 4 is 22.8 Å². The molecule has 0 spiro atoms. The Bertz CT molecular complexity index is 1390. The second-order valence-corrected chi connectivity index (χ2v) is 9.40. The van der Waals surface area contributed by atoms with Crippen molar-refractivity contribution < 1.29 is 0 Å². The van der Waals surface area contributed by atoms with Crippen LogP contribution in [-0.2, 0) is 19.6 Å². The average Bonchev–Trinajstić information content (AvgIpc) is 3.18. The Kier molecular flexibility index (Phi) is 7.34. The highest BCUT2D eigenvalue weighted by atomic mass is 35.5. The Balaban J connectivity index is 1.75. The SMILES string of the molecule is CC(C)CCn1c(CNC(C)c2ccccc2Cl)nc2c1c(=O)[nH]c(=O)n2Cc1ccccc1. The molecule has 2 aromatic carbocycles. The number of hydrogen-bond donors (Lipinski definition) is 2. The summed E-state index contributed by atoms with van der Waals surface area (Å²) in [5, 5.41) is 4.18. The maximum atomic E-state index is 12.9. The highest BCUT2D eigenvalue weighted by molar-refractivity contribution is 6.31. The number of imidazole rings is 1. The molecule has 0 radical (unpaired) electrons. The van der Waals surface area contributed by atoms with Crippen LogP contribution in [0.5, 0.6) is 0 Å². The van der Waals surface area contributed by atoms with E-state index in [9.17, 15) is 9.59 Å². The zero-order valence-corrected chi connectivity index (χ0v) is 20.5. The first-order valence-corrected chi connectivity index (χ1v) is 12.0. The first kappa shape index (κ1) is 24.0. The second kappa shape index (κ2) is 10.4. The molecule has 0 aliphatic heterocycles. The van der Waals surface area contributed by atoms with Gasteiger partial charge in [0.1, 0.15) is 5.82 Å². The molecule has 34 heavy (non-hydrogen) atoms. The molecule has 4 rings (SSSR count). The van der Waals surface area contributed by atoms with Gasteiger partial charge in [0.25, 0.3) is 5.56 Å². The molecule has 0 amide bonds. The number of H-pyrrole nitrogens is 1. The number of rotatable bonds is 9. The van der Waals surface area contributed by atoms with Crippen LogP contribution in [-0.4, -0.2) is 19.1 Å². The van der Waals surface area contributed by atoms with Crippen LogP contribution in [0.4, 0.5) is 0 Å². The first-order chi connectivity index (χ1) is 16.3. The standard InChI is InChI=1S/C26H30ClN5O2/c1-17(2)13-14-31-22(15-28-18(3)20-11-7-8-12-21(20)27)29-24-23(31)25(33)30-26(34)32(24)16-19-9-5-4-6-10-19/h4-12,17-18,28H,13-16H2,1-3H3,(H,30,33,34). The molecule has 1 unspecified atom stereocenters. The maximum absolute atomic E-state index is 12.9. The lowest BCUT2D eigenvalue weighted by molar-refractivity contribution is 0.491. The molecular weight excluding hydrogens is 450 g/mol. The Hall–Kier alpha value is -3.16. The average molecular weight is 480 g/mol. The predicted octanol–water partition coefficient (Wildman–Crippen LogP) is 4.48. The largest absolute Gasteiger partial charge is 0.330 e. The van der Waals surface area contributed by atoms with Gasteiger partial charge in [-0.3, -0.25) is 14.3 Å². The number of fused-ring (bicyclic) bond motifs is 1. The van der Waals surface area contributed by atoms with Gasteiger partial charge < -0.3 is 9.88 Å². The van der Waals surface area contributed by atoms with Gasteiger partial charge in [0, 0.05) is 17.6 Å². The number of nitrogens with zero attached hydrogens (tertiary/aromatic N) is 3. The topological polar surface area (TPSA) is 84.7 Å². The monoisotopic (exact) mass is 479 g/mol. The molecule has 0 aliphatic rings. The van der Waals surface area contributed by atoms with E-state index in [2.05, 4.69) is 24.1 Å². The molecule has 2 N–H and O–H groups in total. The molecule has 0 aliphatic carbocycles. The molecule has 2 heterocycles. The van der Waals surface area contributed by atoms with Gasteiger partial charge in [-0.15, -0.1) is 0 Å². The fraction of sp³-hybridized carbons (Fsp3) is 0.346. The van der Waals surface area contributed by atoms with Gasteiger partial charge in [0.05, 0.1) is 13.1 Å². The van der Waals surface area contributed by atoms with E-state index in [1.165, 1.54) is 0 Å². The number of benzene rings is 2. The van der Waals surface area contributed by atoms with Gasteiger partial charge in [-0.25, -0.2) is 9.78 Å². The van der Waals surface area contributed by atoms with Crippen LogP contribution in [0.1, 0.15) is 50.2 Å². The second-order valence-electron chi connectivity index (χ2n) is 8.99. The van der Waals surface area contributed by atoms with E-state index in [0.29, 0.717) is 47.6 Å². The van der Waals surface area contributed by atoms with Crippen LogP contribution in [0.2, 0.25) is 5.02 Å². The number of hydrogen-bond acceptors (Lipinski definition) is 4. The van der Waals surface area contributed by atoms with Crippen LogP contribution in [0.3, 0.4) is 0 Å². The summed E-state index contributed by atoms with van der Waals surface area (Å²) in [7, 11) is 0. The summed E-state index contributed by atoms with van der Waals surface area (Å²) in [4.78, 5) is 33.0. The fourth-order valence-corrected chi connectivity index (χ4v) is 4.37. The Morgan fingerprint density at radius 2 is 1.71 bits per heavy atom. The van der Waals surface area contributed by atoms with Crippen molar-refractivity contribution in [3.05, 3.63) is 97.4 Å². The molecule has 0 fully saturated rings. The molecule has 2 aromatic heterocycles. The molecular formula is C26H30ClN5O2. The van der Waals surface area contributed by atoms with E-state index in [0.717, 1.165) is 17.5 Å². The lowest BCUT2D eigenvalue weighted by atomic mass is 10.1. The molecule has 8 heteroatoms. The summed E-state index contributed by atoms with van der Waals surface area (Å²) in [6.45, 7) is 7.73. The minimum absolute atomic E-state index is 0.0168. The van der Waals surface area contributed by atoms with E-state index in [1.54, 1.807) is 4.57 Å². The molecule has 178 valence electrons. The van der Waals surface area contributed by atoms with Crippen LogP contribution < -0.4 is 16.6 Å². The first-order valence-electron chi connectivity index (χ1n) is 11.6. The Morgan fingerprint density at radius 3 is 2.41 bits per heavy atom. The van der Waals surface area contributed by atoms with Gasteiger partial charge in [0.2, 0.25) is 0 Å². The summed E-state index contributed by atoms with van der Waals surface area (Å²) in [6.07, 6.45) is 0.885. The van der Waals surface area contributed by atoms with Crippen LogP contribution in [0.25, 0.3) is 11.2 Å². The third kappa shape index (κ3) is 5.16. The van der Waals surface area contributed by atoms with Crippen molar-refractivity contribution in [3.8, 4) is 0 Å². The minimum atomic E-state index is -0.459. The number of nitrogens with one attached hydrogen (secondary N) is 2. The van der Waals surface area contributed by atoms with Crippen molar-refractivity contribution in [1.82, 2.24) is 24.4 Å². The zero-order chi connectivity index (χ0) is 24.2. The predicted molar refractivity (Wildman–Crippen MR) is 136 cm³/mol. The van der Waals surface area contributed by atoms with Gasteiger partial charge in [0.15, 0.2) is 11.2 Å². The van der Waals surface area contributed by atoms with E-state index in [-0.39, 0.29) is 6.04 Å².